The molecule has 2 N–H and O–H groups in total. The maximum Gasteiger partial charge on any atom is 0.190 e. The number of aromatic nitrogens is 2. The molecule has 0 saturated carbocycles. The zero-order valence-corrected chi connectivity index (χ0v) is 20.1. The van der Waals surface area contributed by atoms with E-state index >= 15 is 0 Å². The SMILES string of the molecule is CN=C(NCCCOCC1CCOCC1)NCCc1ccc(-n2cccn2)cc1.I. The van der Waals surface area contributed by atoms with Crippen LogP contribution in [0.15, 0.2) is 47.7 Å². The highest BCUT2D eigenvalue weighted by molar-refractivity contribution is 14.0. The van der Waals surface area contributed by atoms with Crippen LogP contribution in [0, 0.1) is 5.92 Å². The molecule has 30 heavy (non-hydrogen) atoms. The van der Waals surface area contributed by atoms with Crippen molar-refractivity contribution in [3.63, 3.8) is 0 Å². The summed E-state index contributed by atoms with van der Waals surface area (Å²) in [5.41, 5.74) is 2.36. The zero-order chi connectivity index (χ0) is 20.2. The number of rotatable bonds is 10. The summed E-state index contributed by atoms with van der Waals surface area (Å²) in [7, 11) is 1.80. The molecule has 0 amide bonds. The summed E-state index contributed by atoms with van der Waals surface area (Å²) in [6.07, 6.45) is 7.89. The van der Waals surface area contributed by atoms with Gasteiger partial charge in [0.2, 0.25) is 0 Å². The normalized spacial score (nSPS) is 14.9. The fraction of sp³-hybridized carbons (Fsp3) is 0.545. The van der Waals surface area contributed by atoms with E-state index in [2.05, 4.69) is 45.0 Å². The molecule has 2 aromatic rings. The van der Waals surface area contributed by atoms with E-state index in [-0.39, 0.29) is 24.0 Å². The van der Waals surface area contributed by atoms with Gasteiger partial charge < -0.3 is 20.1 Å². The van der Waals surface area contributed by atoms with Crippen LogP contribution in [0.2, 0.25) is 0 Å². The Hall–Kier alpha value is -1.65. The Morgan fingerprint density at radius 1 is 1.20 bits per heavy atom. The second kappa shape index (κ2) is 14.4. The molecule has 0 unspecified atom stereocenters. The molecule has 1 saturated heterocycles. The van der Waals surface area contributed by atoms with E-state index in [9.17, 15) is 0 Å². The third-order valence-electron chi connectivity index (χ3n) is 5.09. The van der Waals surface area contributed by atoms with Gasteiger partial charge in [-0.3, -0.25) is 4.99 Å². The van der Waals surface area contributed by atoms with Crippen LogP contribution >= 0.6 is 24.0 Å². The minimum Gasteiger partial charge on any atom is -0.381 e. The second-order valence-corrected chi connectivity index (χ2v) is 7.28. The number of hydrogen-bond donors (Lipinski definition) is 2. The summed E-state index contributed by atoms with van der Waals surface area (Å²) in [5, 5.41) is 11.0. The van der Waals surface area contributed by atoms with Crippen molar-refractivity contribution in [2.45, 2.75) is 25.7 Å². The molecule has 1 aromatic carbocycles. The maximum atomic E-state index is 5.80. The van der Waals surface area contributed by atoms with Crippen LogP contribution in [0.3, 0.4) is 0 Å². The number of aliphatic imine (C=N–C) groups is 1. The Labute approximate surface area is 196 Å². The fourth-order valence-electron chi connectivity index (χ4n) is 3.33. The number of hydrogen-bond acceptors (Lipinski definition) is 4. The number of benzene rings is 1. The highest BCUT2D eigenvalue weighted by Crippen LogP contribution is 2.14. The molecule has 0 spiro atoms. The molecular formula is C22H34IN5O2. The van der Waals surface area contributed by atoms with E-state index in [1.807, 2.05) is 16.9 Å². The summed E-state index contributed by atoms with van der Waals surface area (Å²) in [6.45, 7) is 5.09. The Balaban J connectivity index is 0.00000320. The Bertz CT molecular complexity index is 716. The first-order valence-electron chi connectivity index (χ1n) is 10.5. The van der Waals surface area contributed by atoms with Gasteiger partial charge in [-0.15, -0.1) is 24.0 Å². The van der Waals surface area contributed by atoms with Gasteiger partial charge >= 0.3 is 0 Å². The molecule has 2 heterocycles. The van der Waals surface area contributed by atoms with E-state index < -0.39 is 0 Å². The topological polar surface area (TPSA) is 72.7 Å². The van der Waals surface area contributed by atoms with Crippen LogP contribution < -0.4 is 10.6 Å². The molecule has 1 aromatic heterocycles. The Kier molecular flexibility index (Phi) is 11.8. The lowest BCUT2D eigenvalue weighted by atomic mass is 10.0. The number of halogens is 1. The lowest BCUT2D eigenvalue weighted by Gasteiger charge is -2.21. The first-order valence-corrected chi connectivity index (χ1v) is 10.5. The van der Waals surface area contributed by atoms with Crippen LogP contribution in [0.5, 0.6) is 0 Å². The standard InChI is InChI=1S/C22H33N5O2.HI/c1-23-22(24-11-3-15-29-18-20-9-16-28-17-10-20)25-13-8-19-4-6-21(7-5-19)27-14-2-12-26-27;/h2,4-7,12,14,20H,3,8-11,13,15-18H2,1H3,(H2,23,24,25);1H. The predicted octanol–water partition coefficient (Wildman–Crippen LogP) is 3.03. The minimum atomic E-state index is 0. The first kappa shape index (κ1) is 24.6. The molecule has 1 fully saturated rings. The molecule has 3 rings (SSSR count). The number of nitrogens with one attached hydrogen (secondary N) is 2. The molecule has 7 nitrogen and oxygen atoms in total. The van der Waals surface area contributed by atoms with Crippen molar-refractivity contribution in [2.24, 2.45) is 10.9 Å². The lowest BCUT2D eigenvalue weighted by molar-refractivity contribution is 0.0203. The molecule has 166 valence electrons. The number of guanidine groups is 1. The van der Waals surface area contributed by atoms with E-state index in [0.29, 0.717) is 5.92 Å². The van der Waals surface area contributed by atoms with Gasteiger partial charge in [-0.25, -0.2) is 4.68 Å². The predicted molar refractivity (Wildman–Crippen MR) is 131 cm³/mol. The average Bonchev–Trinajstić information content (AvgIpc) is 3.31. The smallest absolute Gasteiger partial charge is 0.190 e. The van der Waals surface area contributed by atoms with Crippen LogP contribution in [-0.4, -0.2) is 62.3 Å². The third-order valence-corrected chi connectivity index (χ3v) is 5.09. The number of ether oxygens (including phenoxy) is 2. The van der Waals surface area contributed by atoms with Crippen LogP contribution in [-0.2, 0) is 15.9 Å². The van der Waals surface area contributed by atoms with E-state index in [1.165, 1.54) is 5.56 Å². The van der Waals surface area contributed by atoms with Gasteiger partial charge in [0.15, 0.2) is 5.96 Å². The fourth-order valence-corrected chi connectivity index (χ4v) is 3.33. The van der Waals surface area contributed by atoms with Gasteiger partial charge in [-0.1, -0.05) is 12.1 Å². The van der Waals surface area contributed by atoms with Crippen molar-refractivity contribution >= 4 is 29.9 Å². The van der Waals surface area contributed by atoms with Crippen molar-refractivity contribution in [1.82, 2.24) is 20.4 Å². The molecule has 0 radical (unpaired) electrons. The summed E-state index contributed by atoms with van der Waals surface area (Å²) >= 11 is 0. The largest absolute Gasteiger partial charge is 0.381 e. The zero-order valence-electron chi connectivity index (χ0n) is 17.8. The molecule has 8 heteroatoms. The summed E-state index contributed by atoms with van der Waals surface area (Å²) in [6, 6.07) is 10.4. The molecule has 0 aliphatic carbocycles. The lowest BCUT2D eigenvalue weighted by Crippen LogP contribution is -2.39. The molecule has 0 bridgehead atoms. The molecular weight excluding hydrogens is 493 g/mol. The third kappa shape index (κ3) is 8.61. The number of nitrogens with zero attached hydrogens (tertiary/aromatic N) is 3. The van der Waals surface area contributed by atoms with Crippen molar-refractivity contribution in [3.05, 3.63) is 48.3 Å². The van der Waals surface area contributed by atoms with Gasteiger partial charge in [0, 0.05) is 59.0 Å². The van der Waals surface area contributed by atoms with Gasteiger partial charge in [-0.05, 0) is 55.4 Å². The second-order valence-electron chi connectivity index (χ2n) is 7.28. The van der Waals surface area contributed by atoms with Gasteiger partial charge in [0.1, 0.15) is 0 Å². The van der Waals surface area contributed by atoms with Crippen molar-refractivity contribution in [3.8, 4) is 5.69 Å². The van der Waals surface area contributed by atoms with E-state index in [4.69, 9.17) is 9.47 Å². The van der Waals surface area contributed by atoms with Crippen molar-refractivity contribution < 1.29 is 9.47 Å². The van der Waals surface area contributed by atoms with Gasteiger partial charge in [-0.2, -0.15) is 5.10 Å². The summed E-state index contributed by atoms with van der Waals surface area (Å²) in [5.74, 6) is 1.50. The Morgan fingerprint density at radius 3 is 2.67 bits per heavy atom. The highest BCUT2D eigenvalue weighted by Gasteiger charge is 2.13. The van der Waals surface area contributed by atoms with Gasteiger partial charge in [0.25, 0.3) is 0 Å². The molecule has 1 aliphatic heterocycles. The van der Waals surface area contributed by atoms with Crippen molar-refractivity contribution in [2.75, 3.05) is 46.6 Å². The quantitative estimate of drug-likeness (QED) is 0.215. The molecule has 1 aliphatic rings. The first-order chi connectivity index (χ1) is 14.3. The van der Waals surface area contributed by atoms with Gasteiger partial charge in [0.05, 0.1) is 5.69 Å². The molecule has 0 atom stereocenters. The monoisotopic (exact) mass is 527 g/mol. The van der Waals surface area contributed by atoms with E-state index in [1.54, 1.807) is 13.2 Å². The van der Waals surface area contributed by atoms with E-state index in [0.717, 1.165) is 76.8 Å². The average molecular weight is 527 g/mol. The highest BCUT2D eigenvalue weighted by atomic mass is 127. The van der Waals surface area contributed by atoms with Crippen molar-refractivity contribution in [1.29, 1.82) is 0 Å². The van der Waals surface area contributed by atoms with Crippen LogP contribution in [0.1, 0.15) is 24.8 Å². The Morgan fingerprint density at radius 2 is 1.97 bits per heavy atom. The van der Waals surface area contributed by atoms with Crippen LogP contribution in [0.4, 0.5) is 0 Å². The van der Waals surface area contributed by atoms with Crippen LogP contribution in [0.25, 0.3) is 5.69 Å². The summed E-state index contributed by atoms with van der Waals surface area (Å²) < 4.78 is 13.0. The summed E-state index contributed by atoms with van der Waals surface area (Å²) in [4.78, 5) is 4.29. The maximum absolute atomic E-state index is 5.80. The minimum absolute atomic E-state index is 0.